The highest BCUT2D eigenvalue weighted by molar-refractivity contribution is 6.43. The summed E-state index contributed by atoms with van der Waals surface area (Å²) >= 11 is 10.6. The molecule has 0 amide bonds. The van der Waals surface area contributed by atoms with E-state index in [2.05, 4.69) is 0 Å². The van der Waals surface area contributed by atoms with E-state index in [0.717, 1.165) is 6.42 Å². The van der Waals surface area contributed by atoms with Crippen LogP contribution in [0.2, 0.25) is 0 Å². The molecule has 0 bridgehead atoms. The monoisotopic (exact) mass is 156 g/mol. The standard InChI is InChI=1S/C5H10Cl2O/c1-3-4(2)8-5(6)7/h4-5H,3H2,1-2H3. The van der Waals surface area contributed by atoms with Gasteiger partial charge < -0.3 is 4.74 Å². The maximum absolute atomic E-state index is 5.29. The molecule has 1 atom stereocenters. The Balaban J connectivity index is 3.10. The molecule has 0 aliphatic heterocycles. The molecule has 0 heterocycles. The fourth-order valence-electron chi connectivity index (χ4n) is 0.272. The highest BCUT2D eigenvalue weighted by Gasteiger charge is 2.02. The number of ether oxygens (including phenoxy) is 1. The van der Waals surface area contributed by atoms with Crippen molar-refractivity contribution in [2.24, 2.45) is 0 Å². The van der Waals surface area contributed by atoms with Gasteiger partial charge in [-0.1, -0.05) is 30.1 Å². The van der Waals surface area contributed by atoms with Crippen molar-refractivity contribution in [2.45, 2.75) is 31.4 Å². The maximum Gasteiger partial charge on any atom is 0.206 e. The topological polar surface area (TPSA) is 9.23 Å². The van der Waals surface area contributed by atoms with Crippen LogP contribution in [-0.4, -0.2) is 11.1 Å². The first-order valence-electron chi connectivity index (χ1n) is 2.60. The third kappa shape index (κ3) is 4.69. The van der Waals surface area contributed by atoms with Crippen molar-refractivity contribution >= 4 is 23.2 Å². The molecule has 0 aromatic heterocycles. The van der Waals surface area contributed by atoms with Crippen LogP contribution in [-0.2, 0) is 4.74 Å². The van der Waals surface area contributed by atoms with Gasteiger partial charge in [-0.05, 0) is 13.3 Å². The number of rotatable bonds is 3. The van der Waals surface area contributed by atoms with Crippen LogP contribution in [0.3, 0.4) is 0 Å². The van der Waals surface area contributed by atoms with Gasteiger partial charge in [0.25, 0.3) is 0 Å². The Morgan fingerprint density at radius 3 is 2.12 bits per heavy atom. The van der Waals surface area contributed by atoms with E-state index < -0.39 is 5.02 Å². The Labute approximate surface area is 59.9 Å². The second-order valence-corrected chi connectivity index (χ2v) is 2.63. The summed E-state index contributed by atoms with van der Waals surface area (Å²) in [5.41, 5.74) is 0. The summed E-state index contributed by atoms with van der Waals surface area (Å²) in [5, 5.41) is -0.676. The van der Waals surface area contributed by atoms with Gasteiger partial charge >= 0.3 is 0 Å². The molecule has 0 spiro atoms. The first-order valence-corrected chi connectivity index (χ1v) is 3.47. The van der Waals surface area contributed by atoms with Crippen molar-refractivity contribution in [1.29, 1.82) is 0 Å². The fourth-order valence-corrected chi connectivity index (χ4v) is 0.623. The number of hydrogen-bond acceptors (Lipinski definition) is 1. The molecule has 0 aliphatic rings. The van der Waals surface area contributed by atoms with E-state index in [1.54, 1.807) is 0 Å². The van der Waals surface area contributed by atoms with Gasteiger partial charge in [0, 0.05) is 0 Å². The molecule has 50 valence electrons. The van der Waals surface area contributed by atoms with Gasteiger partial charge in [0.2, 0.25) is 5.02 Å². The van der Waals surface area contributed by atoms with E-state index >= 15 is 0 Å². The molecular formula is C5H10Cl2O. The third-order valence-corrected chi connectivity index (χ3v) is 1.12. The zero-order chi connectivity index (χ0) is 6.57. The van der Waals surface area contributed by atoms with Crippen molar-refractivity contribution < 1.29 is 4.74 Å². The van der Waals surface area contributed by atoms with E-state index in [9.17, 15) is 0 Å². The van der Waals surface area contributed by atoms with Crippen LogP contribution in [0.25, 0.3) is 0 Å². The summed E-state index contributed by atoms with van der Waals surface area (Å²) in [6.45, 7) is 3.94. The smallest absolute Gasteiger partial charge is 0.206 e. The molecule has 0 aromatic carbocycles. The van der Waals surface area contributed by atoms with Crippen molar-refractivity contribution in [3.63, 3.8) is 0 Å². The molecule has 0 rings (SSSR count). The largest absolute Gasteiger partial charge is 0.346 e. The molecule has 0 saturated carbocycles. The normalized spacial score (nSPS) is 14.6. The van der Waals surface area contributed by atoms with Crippen LogP contribution in [0.4, 0.5) is 0 Å². The minimum atomic E-state index is -0.676. The minimum Gasteiger partial charge on any atom is -0.346 e. The van der Waals surface area contributed by atoms with E-state index in [-0.39, 0.29) is 6.10 Å². The van der Waals surface area contributed by atoms with E-state index in [4.69, 9.17) is 27.9 Å². The van der Waals surface area contributed by atoms with Crippen LogP contribution in [0.15, 0.2) is 0 Å². The molecule has 1 unspecified atom stereocenters. The quantitative estimate of drug-likeness (QED) is 0.572. The van der Waals surface area contributed by atoms with Gasteiger partial charge in [0.1, 0.15) is 0 Å². The van der Waals surface area contributed by atoms with Crippen LogP contribution in [0, 0.1) is 0 Å². The highest BCUT2D eigenvalue weighted by atomic mass is 35.5. The van der Waals surface area contributed by atoms with E-state index in [0.29, 0.717) is 0 Å². The molecule has 0 N–H and O–H groups in total. The summed E-state index contributed by atoms with van der Waals surface area (Å²) in [7, 11) is 0. The molecule has 8 heavy (non-hydrogen) atoms. The minimum absolute atomic E-state index is 0.162. The average Bonchev–Trinajstić information content (AvgIpc) is 1.65. The summed E-state index contributed by atoms with van der Waals surface area (Å²) in [6.07, 6.45) is 1.10. The molecule has 3 heteroatoms. The third-order valence-electron chi connectivity index (χ3n) is 0.910. The lowest BCUT2D eigenvalue weighted by atomic mass is 10.3. The molecule has 0 aliphatic carbocycles. The molecule has 1 nitrogen and oxygen atoms in total. The first-order chi connectivity index (χ1) is 3.66. The van der Waals surface area contributed by atoms with Gasteiger partial charge in [-0.3, -0.25) is 0 Å². The van der Waals surface area contributed by atoms with Crippen molar-refractivity contribution in [3.8, 4) is 0 Å². The Hall–Kier alpha value is 0.540. The number of hydrogen-bond donors (Lipinski definition) is 0. The lowest BCUT2D eigenvalue weighted by molar-refractivity contribution is 0.0789. The maximum atomic E-state index is 5.29. The van der Waals surface area contributed by atoms with Gasteiger partial charge in [-0.25, -0.2) is 0 Å². The van der Waals surface area contributed by atoms with Crippen molar-refractivity contribution in [2.75, 3.05) is 0 Å². The molecule has 0 aromatic rings. The lowest BCUT2D eigenvalue weighted by Gasteiger charge is -2.09. The van der Waals surface area contributed by atoms with Gasteiger partial charge in [0.05, 0.1) is 6.10 Å². The second-order valence-electron chi connectivity index (χ2n) is 1.62. The van der Waals surface area contributed by atoms with E-state index in [1.807, 2.05) is 13.8 Å². The molecule has 0 saturated heterocycles. The van der Waals surface area contributed by atoms with Gasteiger partial charge in [-0.15, -0.1) is 0 Å². The molecule has 0 fully saturated rings. The van der Waals surface area contributed by atoms with Crippen LogP contribution in [0.1, 0.15) is 20.3 Å². The fraction of sp³-hybridized carbons (Fsp3) is 1.00. The predicted molar refractivity (Wildman–Crippen MR) is 36.3 cm³/mol. The molecular weight excluding hydrogens is 147 g/mol. The molecule has 0 radical (unpaired) electrons. The van der Waals surface area contributed by atoms with Gasteiger partial charge in [0.15, 0.2) is 0 Å². The highest BCUT2D eigenvalue weighted by Crippen LogP contribution is 2.08. The Kier molecular flexibility index (Phi) is 4.72. The zero-order valence-electron chi connectivity index (χ0n) is 5.03. The predicted octanol–water partition coefficient (Wildman–Crippen LogP) is 2.56. The van der Waals surface area contributed by atoms with Crippen LogP contribution >= 0.6 is 23.2 Å². The van der Waals surface area contributed by atoms with Crippen LogP contribution < -0.4 is 0 Å². The lowest BCUT2D eigenvalue weighted by Crippen LogP contribution is -2.08. The van der Waals surface area contributed by atoms with E-state index in [1.165, 1.54) is 0 Å². The Bertz CT molecular complexity index is 56.4. The summed E-state index contributed by atoms with van der Waals surface area (Å²) < 4.78 is 4.93. The summed E-state index contributed by atoms with van der Waals surface area (Å²) in [5.74, 6) is 0. The van der Waals surface area contributed by atoms with Crippen LogP contribution in [0.5, 0.6) is 0 Å². The SMILES string of the molecule is CCC(C)OC(Cl)Cl. The van der Waals surface area contributed by atoms with Gasteiger partial charge in [-0.2, -0.15) is 0 Å². The summed E-state index contributed by atoms with van der Waals surface area (Å²) in [6, 6.07) is 0. The zero-order valence-corrected chi connectivity index (χ0v) is 6.54. The first kappa shape index (κ1) is 8.54. The van der Waals surface area contributed by atoms with Crippen molar-refractivity contribution in [3.05, 3.63) is 0 Å². The number of halogens is 2. The van der Waals surface area contributed by atoms with Crippen molar-refractivity contribution in [1.82, 2.24) is 0 Å². The Morgan fingerprint density at radius 1 is 1.50 bits per heavy atom. The summed E-state index contributed by atoms with van der Waals surface area (Å²) in [4.78, 5) is 0. The second kappa shape index (κ2) is 4.42. The number of alkyl halides is 2. The Morgan fingerprint density at radius 2 is 2.00 bits per heavy atom. The average molecular weight is 157 g/mol.